The molecule has 0 aliphatic carbocycles. The highest BCUT2D eigenvalue weighted by atomic mass is 79.9. The average molecular weight is 408 g/mol. The first-order chi connectivity index (χ1) is 9.31. The van der Waals surface area contributed by atoms with E-state index >= 15 is 0 Å². The zero-order valence-electron chi connectivity index (χ0n) is 10.1. The van der Waals surface area contributed by atoms with E-state index in [1.54, 1.807) is 6.07 Å². The normalized spacial score (nSPS) is 10.7. The molecule has 0 fully saturated rings. The number of ketones is 1. The van der Waals surface area contributed by atoms with E-state index < -0.39 is 28.8 Å². The molecule has 2 aromatic carbocycles. The lowest BCUT2D eigenvalue weighted by molar-refractivity contribution is 0.103. The van der Waals surface area contributed by atoms with Crippen molar-refractivity contribution in [1.29, 1.82) is 0 Å². The van der Waals surface area contributed by atoms with E-state index in [0.717, 1.165) is 5.56 Å². The molecule has 0 aromatic heterocycles. The molecule has 0 saturated carbocycles. The Balaban J connectivity index is 2.61. The highest BCUT2D eigenvalue weighted by molar-refractivity contribution is 9.11. The Hall–Kier alpha value is -1.14. The van der Waals surface area contributed by atoms with Gasteiger partial charge in [-0.25, -0.2) is 13.2 Å². The predicted molar refractivity (Wildman–Crippen MR) is 76.3 cm³/mol. The second-order valence-electron chi connectivity index (χ2n) is 4.15. The van der Waals surface area contributed by atoms with Crippen molar-refractivity contribution in [3.63, 3.8) is 0 Å². The minimum atomic E-state index is -1.23. The summed E-state index contributed by atoms with van der Waals surface area (Å²) in [6, 6.07) is 4.07. The molecule has 0 unspecified atom stereocenters. The Kier molecular flexibility index (Phi) is 4.34. The maximum absolute atomic E-state index is 13.6. The Bertz CT molecular complexity index is 691. The fourth-order valence-corrected chi connectivity index (χ4v) is 2.70. The van der Waals surface area contributed by atoms with Crippen molar-refractivity contribution in [2.45, 2.75) is 6.92 Å². The van der Waals surface area contributed by atoms with Crippen LogP contribution in [0.3, 0.4) is 0 Å². The molecule has 104 valence electrons. The molecule has 0 saturated heterocycles. The van der Waals surface area contributed by atoms with Gasteiger partial charge in [-0.2, -0.15) is 0 Å². The highest BCUT2D eigenvalue weighted by Crippen LogP contribution is 2.29. The van der Waals surface area contributed by atoms with Gasteiger partial charge in [-0.1, -0.05) is 31.9 Å². The van der Waals surface area contributed by atoms with E-state index in [1.165, 1.54) is 6.07 Å². The average Bonchev–Trinajstić information content (AvgIpc) is 2.32. The number of carbonyl (C=O) groups excluding carboxylic acids is 1. The van der Waals surface area contributed by atoms with Crippen LogP contribution in [-0.2, 0) is 0 Å². The Morgan fingerprint density at radius 3 is 2.05 bits per heavy atom. The molecule has 0 aliphatic rings. The third-order valence-corrected chi connectivity index (χ3v) is 4.24. The van der Waals surface area contributed by atoms with Crippen LogP contribution in [0.2, 0.25) is 0 Å². The van der Waals surface area contributed by atoms with Crippen molar-refractivity contribution in [2.75, 3.05) is 0 Å². The van der Waals surface area contributed by atoms with E-state index in [4.69, 9.17) is 0 Å². The van der Waals surface area contributed by atoms with Crippen LogP contribution in [0.5, 0.6) is 0 Å². The standard InChI is InChI=1S/C14H7Br2F3O/c1-6-2-10(16)8(5-9(6)15)14(20)13-11(18)3-7(17)4-12(13)19/h2-5H,1H3. The van der Waals surface area contributed by atoms with Gasteiger partial charge in [0, 0.05) is 26.6 Å². The first kappa shape index (κ1) is 15.3. The highest BCUT2D eigenvalue weighted by Gasteiger charge is 2.22. The summed E-state index contributed by atoms with van der Waals surface area (Å²) in [5.74, 6) is -4.37. The van der Waals surface area contributed by atoms with Gasteiger partial charge in [0.05, 0.1) is 5.56 Å². The quantitative estimate of drug-likeness (QED) is 0.628. The molecule has 2 aromatic rings. The Morgan fingerprint density at radius 2 is 1.50 bits per heavy atom. The van der Waals surface area contributed by atoms with Gasteiger partial charge in [0.2, 0.25) is 0 Å². The minimum Gasteiger partial charge on any atom is -0.288 e. The molecule has 2 rings (SSSR count). The third-order valence-electron chi connectivity index (χ3n) is 2.73. The van der Waals surface area contributed by atoms with Crippen LogP contribution in [0.15, 0.2) is 33.2 Å². The number of carbonyl (C=O) groups is 1. The second-order valence-corrected chi connectivity index (χ2v) is 5.86. The molecular weight excluding hydrogens is 401 g/mol. The number of hydrogen-bond acceptors (Lipinski definition) is 1. The minimum absolute atomic E-state index is 0.0897. The van der Waals surface area contributed by atoms with E-state index in [-0.39, 0.29) is 5.56 Å². The van der Waals surface area contributed by atoms with Crippen molar-refractivity contribution < 1.29 is 18.0 Å². The first-order valence-corrected chi connectivity index (χ1v) is 7.04. The van der Waals surface area contributed by atoms with Gasteiger partial charge < -0.3 is 0 Å². The van der Waals surface area contributed by atoms with E-state index in [9.17, 15) is 18.0 Å². The summed E-state index contributed by atoms with van der Waals surface area (Å²) in [5, 5.41) is 0. The van der Waals surface area contributed by atoms with Crippen molar-refractivity contribution in [1.82, 2.24) is 0 Å². The van der Waals surface area contributed by atoms with Crippen molar-refractivity contribution in [2.24, 2.45) is 0 Å². The van der Waals surface area contributed by atoms with Crippen LogP contribution >= 0.6 is 31.9 Å². The molecule has 1 nitrogen and oxygen atoms in total. The number of benzene rings is 2. The lowest BCUT2D eigenvalue weighted by Gasteiger charge is -2.09. The van der Waals surface area contributed by atoms with Crippen LogP contribution < -0.4 is 0 Å². The summed E-state index contributed by atoms with van der Waals surface area (Å²) in [4.78, 5) is 12.2. The molecule has 0 amide bonds. The van der Waals surface area contributed by atoms with E-state index in [1.807, 2.05) is 6.92 Å². The molecule has 0 radical (unpaired) electrons. The molecule has 0 atom stereocenters. The SMILES string of the molecule is Cc1cc(Br)c(C(=O)c2c(F)cc(F)cc2F)cc1Br. The van der Waals surface area contributed by atoms with Gasteiger partial charge >= 0.3 is 0 Å². The molecule has 0 N–H and O–H groups in total. The van der Waals surface area contributed by atoms with Crippen LogP contribution in [-0.4, -0.2) is 5.78 Å². The van der Waals surface area contributed by atoms with Crippen LogP contribution in [0.1, 0.15) is 21.5 Å². The molecular formula is C14H7Br2F3O. The Labute approximate surface area is 130 Å². The molecule has 0 spiro atoms. The maximum atomic E-state index is 13.6. The zero-order chi connectivity index (χ0) is 15.0. The van der Waals surface area contributed by atoms with Gasteiger partial charge in [0.1, 0.15) is 17.5 Å². The van der Waals surface area contributed by atoms with E-state index in [2.05, 4.69) is 31.9 Å². The summed E-state index contributed by atoms with van der Waals surface area (Å²) in [7, 11) is 0. The van der Waals surface area contributed by atoms with Crippen LogP contribution in [0.25, 0.3) is 0 Å². The van der Waals surface area contributed by atoms with Crippen LogP contribution in [0, 0.1) is 24.4 Å². The fraction of sp³-hybridized carbons (Fsp3) is 0.0714. The van der Waals surface area contributed by atoms with Crippen molar-refractivity contribution in [3.8, 4) is 0 Å². The lowest BCUT2D eigenvalue weighted by Crippen LogP contribution is -2.09. The Morgan fingerprint density at radius 1 is 0.950 bits per heavy atom. The number of hydrogen-bond donors (Lipinski definition) is 0. The van der Waals surface area contributed by atoms with Gasteiger partial charge in [-0.3, -0.25) is 4.79 Å². The molecule has 6 heteroatoms. The third kappa shape index (κ3) is 2.81. The summed E-state index contributed by atoms with van der Waals surface area (Å²) in [5.41, 5.74) is 0.170. The second kappa shape index (κ2) is 5.69. The summed E-state index contributed by atoms with van der Waals surface area (Å²) >= 11 is 6.43. The maximum Gasteiger partial charge on any atom is 0.200 e. The van der Waals surface area contributed by atoms with Gasteiger partial charge in [-0.15, -0.1) is 0 Å². The molecule has 0 bridgehead atoms. The molecule has 0 aliphatic heterocycles. The summed E-state index contributed by atoms with van der Waals surface area (Å²) in [6.07, 6.45) is 0. The van der Waals surface area contributed by atoms with E-state index in [0.29, 0.717) is 21.1 Å². The lowest BCUT2D eigenvalue weighted by atomic mass is 10.0. The van der Waals surface area contributed by atoms with Crippen molar-refractivity contribution in [3.05, 3.63) is 67.4 Å². The van der Waals surface area contributed by atoms with Crippen LogP contribution in [0.4, 0.5) is 13.2 Å². The molecule has 20 heavy (non-hydrogen) atoms. The monoisotopic (exact) mass is 406 g/mol. The largest absolute Gasteiger partial charge is 0.288 e. The summed E-state index contributed by atoms with van der Waals surface area (Å²) < 4.78 is 41.2. The summed E-state index contributed by atoms with van der Waals surface area (Å²) in [6.45, 7) is 1.81. The fourth-order valence-electron chi connectivity index (χ4n) is 1.71. The smallest absolute Gasteiger partial charge is 0.200 e. The number of halogens is 5. The number of aryl methyl sites for hydroxylation is 1. The van der Waals surface area contributed by atoms with Gasteiger partial charge in [-0.05, 0) is 24.6 Å². The molecule has 0 heterocycles. The zero-order valence-corrected chi connectivity index (χ0v) is 13.3. The number of rotatable bonds is 2. The van der Waals surface area contributed by atoms with Crippen molar-refractivity contribution >= 4 is 37.6 Å². The first-order valence-electron chi connectivity index (χ1n) is 5.46. The topological polar surface area (TPSA) is 17.1 Å². The predicted octanol–water partition coefficient (Wildman–Crippen LogP) is 5.17. The van der Waals surface area contributed by atoms with Gasteiger partial charge in [0.25, 0.3) is 0 Å². The van der Waals surface area contributed by atoms with Gasteiger partial charge in [0.15, 0.2) is 5.78 Å².